The maximum Gasteiger partial charge on any atom is 0.315 e. The van der Waals surface area contributed by atoms with Crippen molar-refractivity contribution >= 4 is 23.3 Å². The van der Waals surface area contributed by atoms with Crippen LogP contribution in [-0.2, 0) is 24.3 Å². The summed E-state index contributed by atoms with van der Waals surface area (Å²) in [5.74, 6) is -0.885. The van der Waals surface area contributed by atoms with Crippen LogP contribution in [0.5, 0.6) is 0 Å². The summed E-state index contributed by atoms with van der Waals surface area (Å²) in [5.41, 5.74) is 1.52. The lowest BCUT2D eigenvalue weighted by atomic mass is 10.0. The van der Waals surface area contributed by atoms with Crippen LogP contribution in [-0.4, -0.2) is 17.1 Å². The highest BCUT2D eigenvalue weighted by Crippen LogP contribution is 2.10. The second kappa shape index (κ2) is 7.44. The van der Waals surface area contributed by atoms with Crippen molar-refractivity contribution in [3.8, 4) is 0 Å². The molecule has 2 aromatic rings. The van der Waals surface area contributed by atoms with Crippen molar-refractivity contribution < 1.29 is 14.7 Å². The number of benzene rings is 1. The van der Waals surface area contributed by atoms with Gasteiger partial charge in [0.2, 0.25) is 0 Å². The number of thiophene rings is 1. The molecule has 2 rings (SSSR count). The van der Waals surface area contributed by atoms with Gasteiger partial charge >= 0.3 is 12.0 Å². The molecule has 0 atom stereocenters. The smallest absolute Gasteiger partial charge is 0.315 e. The van der Waals surface area contributed by atoms with Gasteiger partial charge in [0.15, 0.2) is 0 Å². The second-order valence-electron chi connectivity index (χ2n) is 4.45. The Morgan fingerprint density at radius 3 is 2.38 bits per heavy atom. The number of aliphatic carboxylic acids is 1. The minimum Gasteiger partial charge on any atom is -0.481 e. The van der Waals surface area contributed by atoms with Crippen molar-refractivity contribution in [3.05, 3.63) is 57.8 Å². The molecule has 0 saturated heterocycles. The van der Waals surface area contributed by atoms with Crippen LogP contribution in [0, 0.1) is 0 Å². The van der Waals surface area contributed by atoms with Gasteiger partial charge in [-0.25, -0.2) is 4.79 Å². The van der Waals surface area contributed by atoms with E-state index in [4.69, 9.17) is 5.11 Å². The number of carbonyl (C=O) groups excluding carboxylic acids is 1. The second-order valence-corrected chi connectivity index (χ2v) is 5.49. The highest BCUT2D eigenvalue weighted by atomic mass is 32.1. The predicted octanol–water partition coefficient (Wildman–Crippen LogP) is 2.37. The molecule has 6 heteroatoms. The number of carboxylic acid groups (broad SMARTS) is 1. The summed E-state index contributed by atoms with van der Waals surface area (Å²) in [6.07, 6.45) is -0.0470. The lowest BCUT2D eigenvalue weighted by Crippen LogP contribution is -2.34. The first-order valence-electron chi connectivity index (χ1n) is 6.48. The number of hydrogen-bond donors (Lipinski definition) is 3. The Kier molecular flexibility index (Phi) is 5.34. The zero-order chi connectivity index (χ0) is 15.1. The number of urea groups is 1. The van der Waals surface area contributed by atoms with Gasteiger partial charge in [-0.05, 0) is 22.6 Å². The molecule has 0 spiro atoms. The van der Waals surface area contributed by atoms with E-state index in [1.54, 1.807) is 23.5 Å². The summed E-state index contributed by atoms with van der Waals surface area (Å²) in [6, 6.07) is 10.8. The summed E-state index contributed by atoms with van der Waals surface area (Å²) in [6.45, 7) is 0.792. The van der Waals surface area contributed by atoms with E-state index in [0.29, 0.717) is 18.7 Å². The molecule has 0 radical (unpaired) electrons. The summed E-state index contributed by atoms with van der Waals surface area (Å²) >= 11 is 1.58. The first kappa shape index (κ1) is 15.1. The third kappa shape index (κ3) is 4.92. The fourth-order valence-corrected chi connectivity index (χ4v) is 2.53. The van der Waals surface area contributed by atoms with Crippen molar-refractivity contribution in [2.45, 2.75) is 19.5 Å². The number of hydrogen-bond acceptors (Lipinski definition) is 3. The number of amides is 2. The van der Waals surface area contributed by atoms with Gasteiger partial charge in [-0.1, -0.05) is 30.3 Å². The van der Waals surface area contributed by atoms with Gasteiger partial charge in [0, 0.05) is 11.4 Å². The molecule has 0 aliphatic carbocycles. The number of nitrogens with one attached hydrogen (secondary N) is 2. The Morgan fingerprint density at radius 2 is 1.71 bits per heavy atom. The molecule has 1 aromatic carbocycles. The molecule has 0 aliphatic heterocycles. The minimum atomic E-state index is -0.885. The fraction of sp³-hybridized carbons (Fsp3) is 0.200. The van der Waals surface area contributed by atoms with Gasteiger partial charge in [-0.3, -0.25) is 4.79 Å². The molecule has 0 unspecified atom stereocenters. The van der Waals surface area contributed by atoms with Crippen molar-refractivity contribution in [2.24, 2.45) is 0 Å². The molecule has 0 aliphatic rings. The predicted molar refractivity (Wildman–Crippen MR) is 81.2 cm³/mol. The van der Waals surface area contributed by atoms with Crippen LogP contribution in [0.15, 0.2) is 41.8 Å². The van der Waals surface area contributed by atoms with Crippen LogP contribution in [0.3, 0.4) is 0 Å². The lowest BCUT2D eigenvalue weighted by molar-refractivity contribution is -0.136. The summed E-state index contributed by atoms with van der Waals surface area (Å²) in [4.78, 5) is 23.6. The minimum absolute atomic E-state index is 0.0470. The van der Waals surface area contributed by atoms with Gasteiger partial charge in [0.05, 0.1) is 13.0 Å². The molecule has 21 heavy (non-hydrogen) atoms. The van der Waals surface area contributed by atoms with E-state index in [0.717, 1.165) is 10.4 Å². The number of rotatable bonds is 6. The maximum absolute atomic E-state index is 11.7. The molecule has 1 aromatic heterocycles. The lowest BCUT2D eigenvalue weighted by Gasteiger charge is -2.10. The Bertz CT molecular complexity index is 611. The van der Waals surface area contributed by atoms with Gasteiger partial charge in [0.1, 0.15) is 0 Å². The highest BCUT2D eigenvalue weighted by molar-refractivity contribution is 7.09. The molecule has 0 fully saturated rings. The zero-order valence-corrected chi connectivity index (χ0v) is 12.2. The van der Waals surface area contributed by atoms with Crippen molar-refractivity contribution in [3.63, 3.8) is 0 Å². The van der Waals surface area contributed by atoms with E-state index < -0.39 is 5.97 Å². The third-order valence-electron chi connectivity index (χ3n) is 2.90. The fourth-order valence-electron chi connectivity index (χ4n) is 1.88. The SMILES string of the molecule is O=C(O)Cc1ccccc1CNC(=O)NCc1cccs1. The van der Waals surface area contributed by atoms with Crippen LogP contribution in [0.2, 0.25) is 0 Å². The van der Waals surface area contributed by atoms with Crippen LogP contribution >= 0.6 is 11.3 Å². The molecule has 2 amide bonds. The summed E-state index contributed by atoms with van der Waals surface area (Å²) < 4.78 is 0. The quantitative estimate of drug-likeness (QED) is 0.766. The molecular weight excluding hydrogens is 288 g/mol. The van der Waals surface area contributed by atoms with E-state index in [1.807, 2.05) is 29.6 Å². The Hall–Kier alpha value is -2.34. The highest BCUT2D eigenvalue weighted by Gasteiger charge is 2.07. The van der Waals surface area contributed by atoms with E-state index in [1.165, 1.54) is 0 Å². The van der Waals surface area contributed by atoms with E-state index >= 15 is 0 Å². The molecule has 1 heterocycles. The average Bonchev–Trinajstić information content (AvgIpc) is 2.97. The summed E-state index contributed by atoms with van der Waals surface area (Å²) in [7, 11) is 0. The first-order chi connectivity index (χ1) is 10.1. The van der Waals surface area contributed by atoms with Gasteiger partial charge in [-0.15, -0.1) is 11.3 Å². The van der Waals surface area contributed by atoms with Gasteiger partial charge in [-0.2, -0.15) is 0 Å². The molecule has 5 nitrogen and oxygen atoms in total. The molecule has 0 bridgehead atoms. The number of carboxylic acids is 1. The van der Waals surface area contributed by atoms with E-state index in [9.17, 15) is 9.59 Å². The average molecular weight is 304 g/mol. The van der Waals surface area contributed by atoms with Crippen LogP contribution in [0.4, 0.5) is 4.79 Å². The molecule has 0 saturated carbocycles. The first-order valence-corrected chi connectivity index (χ1v) is 7.36. The Morgan fingerprint density at radius 1 is 1.00 bits per heavy atom. The molecular formula is C15H16N2O3S. The van der Waals surface area contributed by atoms with Crippen molar-refractivity contribution in [1.82, 2.24) is 10.6 Å². The van der Waals surface area contributed by atoms with Gasteiger partial charge < -0.3 is 15.7 Å². The van der Waals surface area contributed by atoms with Crippen LogP contribution in [0.25, 0.3) is 0 Å². The van der Waals surface area contributed by atoms with E-state index in [-0.39, 0.29) is 12.5 Å². The third-order valence-corrected chi connectivity index (χ3v) is 3.78. The maximum atomic E-state index is 11.7. The van der Waals surface area contributed by atoms with Crippen LogP contribution < -0.4 is 10.6 Å². The number of carbonyl (C=O) groups is 2. The summed E-state index contributed by atoms with van der Waals surface area (Å²) in [5, 5.41) is 16.3. The normalized spacial score (nSPS) is 10.1. The zero-order valence-electron chi connectivity index (χ0n) is 11.3. The van der Waals surface area contributed by atoms with Crippen LogP contribution in [0.1, 0.15) is 16.0 Å². The van der Waals surface area contributed by atoms with Crippen molar-refractivity contribution in [1.29, 1.82) is 0 Å². The monoisotopic (exact) mass is 304 g/mol. The standard InChI is InChI=1S/C15H16N2O3S/c18-14(19)8-11-4-1-2-5-12(11)9-16-15(20)17-10-13-6-3-7-21-13/h1-7H,8-10H2,(H,18,19)(H2,16,17,20). The Labute approximate surface area is 126 Å². The topological polar surface area (TPSA) is 78.4 Å². The Balaban J connectivity index is 1.84. The van der Waals surface area contributed by atoms with E-state index in [2.05, 4.69) is 10.6 Å². The molecule has 110 valence electrons. The van der Waals surface area contributed by atoms with Crippen molar-refractivity contribution in [2.75, 3.05) is 0 Å². The molecule has 3 N–H and O–H groups in total. The van der Waals surface area contributed by atoms with Gasteiger partial charge in [0.25, 0.3) is 0 Å². The largest absolute Gasteiger partial charge is 0.481 e.